The van der Waals surface area contributed by atoms with Crippen molar-refractivity contribution in [1.82, 2.24) is 10.2 Å². The molecule has 0 radical (unpaired) electrons. The number of likely N-dealkylation sites (tertiary alicyclic amines) is 1. The van der Waals surface area contributed by atoms with E-state index in [1.807, 2.05) is 30.3 Å². The Kier molecular flexibility index (Phi) is 5.77. The maximum Gasteiger partial charge on any atom is 0.224 e. The Hall–Kier alpha value is -1.88. The largest absolute Gasteiger partial charge is 0.388 e. The van der Waals surface area contributed by atoms with Crippen LogP contribution >= 0.6 is 0 Å². The molecule has 2 N–H and O–H groups in total. The number of hydrogen-bond donors (Lipinski definition) is 2. The zero-order valence-electron chi connectivity index (χ0n) is 13.9. The zero-order chi connectivity index (χ0) is 16.9. The highest BCUT2D eigenvalue weighted by molar-refractivity contribution is 5.80. The summed E-state index contributed by atoms with van der Waals surface area (Å²) in [7, 11) is 0. The highest BCUT2D eigenvalue weighted by atomic mass is 16.3. The predicted octanol–water partition coefficient (Wildman–Crippen LogP) is 1.50. The number of aliphatic hydroxyl groups is 1. The molecule has 1 fully saturated rings. The lowest BCUT2D eigenvalue weighted by Gasteiger charge is -2.33. The van der Waals surface area contributed by atoms with E-state index in [1.54, 1.807) is 18.7 Å². The van der Waals surface area contributed by atoms with Crippen LogP contribution in [0.2, 0.25) is 0 Å². The van der Waals surface area contributed by atoms with Crippen molar-refractivity contribution in [3.63, 3.8) is 0 Å². The number of rotatable bonds is 6. The van der Waals surface area contributed by atoms with Gasteiger partial charge in [0.25, 0.3) is 0 Å². The summed E-state index contributed by atoms with van der Waals surface area (Å²) < 4.78 is 0. The summed E-state index contributed by atoms with van der Waals surface area (Å²) in [5, 5.41) is 12.9. The summed E-state index contributed by atoms with van der Waals surface area (Å²) in [5.74, 6) is -0.0842. The Labute approximate surface area is 137 Å². The van der Waals surface area contributed by atoms with Crippen molar-refractivity contribution in [3.8, 4) is 0 Å². The normalized spacial score (nSPS) is 18.0. The van der Waals surface area contributed by atoms with Gasteiger partial charge in [0.05, 0.1) is 18.1 Å². The van der Waals surface area contributed by atoms with Gasteiger partial charge in [-0.2, -0.15) is 0 Å². The third-order valence-electron chi connectivity index (χ3n) is 4.26. The Bertz CT molecular complexity index is 537. The number of carbonyl (C=O) groups is 2. The molecule has 5 heteroatoms. The van der Waals surface area contributed by atoms with Crippen molar-refractivity contribution >= 4 is 11.8 Å². The molecule has 5 nitrogen and oxygen atoms in total. The maximum absolute atomic E-state index is 12.3. The Morgan fingerprint density at radius 3 is 2.65 bits per heavy atom. The molecule has 1 aromatic rings. The van der Waals surface area contributed by atoms with Crippen LogP contribution in [0.25, 0.3) is 0 Å². The molecular weight excluding hydrogens is 292 g/mol. The Balaban J connectivity index is 1.75. The quantitative estimate of drug-likeness (QED) is 0.835. The van der Waals surface area contributed by atoms with Gasteiger partial charge >= 0.3 is 0 Å². The van der Waals surface area contributed by atoms with E-state index < -0.39 is 5.60 Å². The summed E-state index contributed by atoms with van der Waals surface area (Å²) in [4.78, 5) is 25.9. The summed E-state index contributed by atoms with van der Waals surface area (Å²) in [6.07, 6.45) is 2.34. The molecule has 2 rings (SSSR count). The van der Waals surface area contributed by atoms with E-state index in [2.05, 4.69) is 5.32 Å². The average Bonchev–Trinajstić information content (AvgIpc) is 2.98. The van der Waals surface area contributed by atoms with E-state index in [0.29, 0.717) is 19.5 Å². The van der Waals surface area contributed by atoms with Gasteiger partial charge < -0.3 is 15.3 Å². The predicted molar refractivity (Wildman–Crippen MR) is 88.8 cm³/mol. The second kappa shape index (κ2) is 7.59. The van der Waals surface area contributed by atoms with Crippen LogP contribution in [-0.4, -0.2) is 46.6 Å². The van der Waals surface area contributed by atoms with E-state index in [-0.39, 0.29) is 24.3 Å². The van der Waals surface area contributed by atoms with Gasteiger partial charge in [0, 0.05) is 19.5 Å². The van der Waals surface area contributed by atoms with E-state index in [4.69, 9.17) is 0 Å². The molecule has 0 spiro atoms. The number of nitrogens with one attached hydrogen (secondary N) is 1. The second-order valence-corrected chi connectivity index (χ2v) is 6.66. The van der Waals surface area contributed by atoms with Crippen molar-refractivity contribution in [2.45, 2.75) is 51.2 Å². The van der Waals surface area contributed by atoms with Gasteiger partial charge in [0.15, 0.2) is 0 Å². The summed E-state index contributed by atoms with van der Waals surface area (Å²) >= 11 is 0. The van der Waals surface area contributed by atoms with E-state index in [0.717, 1.165) is 18.4 Å². The summed E-state index contributed by atoms with van der Waals surface area (Å²) in [5.41, 5.74) is 0.0703. The fourth-order valence-corrected chi connectivity index (χ4v) is 3.10. The monoisotopic (exact) mass is 318 g/mol. The minimum Gasteiger partial charge on any atom is -0.388 e. The maximum atomic E-state index is 12.3. The van der Waals surface area contributed by atoms with Crippen LogP contribution in [0.4, 0.5) is 0 Å². The SMILES string of the molecule is CC(C)(O)C1CCCN1C(=O)CCNC(=O)Cc1ccccc1. The van der Waals surface area contributed by atoms with Crippen molar-refractivity contribution in [2.75, 3.05) is 13.1 Å². The molecule has 0 aliphatic carbocycles. The van der Waals surface area contributed by atoms with Crippen molar-refractivity contribution < 1.29 is 14.7 Å². The zero-order valence-corrected chi connectivity index (χ0v) is 13.9. The lowest BCUT2D eigenvalue weighted by Crippen LogP contribution is -2.48. The first-order chi connectivity index (χ1) is 10.9. The number of nitrogens with zero attached hydrogens (tertiary/aromatic N) is 1. The van der Waals surface area contributed by atoms with Gasteiger partial charge in [-0.3, -0.25) is 9.59 Å². The first-order valence-electron chi connectivity index (χ1n) is 8.20. The van der Waals surface area contributed by atoms with Gasteiger partial charge in [-0.1, -0.05) is 30.3 Å². The van der Waals surface area contributed by atoms with Gasteiger partial charge in [-0.25, -0.2) is 0 Å². The summed E-state index contributed by atoms with van der Waals surface area (Å²) in [6.45, 7) is 4.50. The standard InChI is InChI=1S/C18H26N2O3/c1-18(2,23)15-9-6-12-20(15)17(22)10-11-19-16(21)13-14-7-4-3-5-8-14/h3-5,7-8,15,23H,6,9-13H2,1-2H3,(H,19,21). The van der Waals surface area contributed by atoms with Gasteiger partial charge in [-0.15, -0.1) is 0 Å². The molecule has 23 heavy (non-hydrogen) atoms. The fourth-order valence-electron chi connectivity index (χ4n) is 3.10. The highest BCUT2D eigenvalue weighted by Crippen LogP contribution is 2.27. The average molecular weight is 318 g/mol. The van der Waals surface area contributed by atoms with E-state index in [1.165, 1.54) is 0 Å². The summed E-state index contributed by atoms with van der Waals surface area (Å²) in [6, 6.07) is 9.39. The lowest BCUT2D eigenvalue weighted by molar-refractivity contribution is -0.136. The van der Waals surface area contributed by atoms with Gasteiger partial charge in [0.2, 0.25) is 11.8 Å². The van der Waals surface area contributed by atoms with Crippen LogP contribution < -0.4 is 5.32 Å². The molecule has 1 saturated heterocycles. The molecular formula is C18H26N2O3. The molecule has 0 aromatic heterocycles. The number of hydrogen-bond acceptors (Lipinski definition) is 3. The molecule has 2 amide bonds. The molecule has 1 unspecified atom stereocenters. The topological polar surface area (TPSA) is 69.6 Å². The molecule has 1 atom stereocenters. The van der Waals surface area contributed by atoms with Gasteiger partial charge in [-0.05, 0) is 32.3 Å². The van der Waals surface area contributed by atoms with Gasteiger partial charge in [0.1, 0.15) is 0 Å². The minimum absolute atomic E-state index is 0.00497. The molecule has 1 aromatic carbocycles. The van der Waals surface area contributed by atoms with Crippen LogP contribution in [0.5, 0.6) is 0 Å². The first-order valence-corrected chi connectivity index (χ1v) is 8.20. The van der Waals surface area contributed by atoms with Crippen LogP contribution in [-0.2, 0) is 16.0 Å². The fraction of sp³-hybridized carbons (Fsp3) is 0.556. The number of amides is 2. The minimum atomic E-state index is -0.886. The van der Waals surface area contributed by atoms with Crippen molar-refractivity contribution in [1.29, 1.82) is 0 Å². The highest BCUT2D eigenvalue weighted by Gasteiger charge is 2.37. The number of carbonyl (C=O) groups excluding carboxylic acids is 2. The molecule has 126 valence electrons. The second-order valence-electron chi connectivity index (χ2n) is 6.66. The van der Waals surface area contributed by atoms with Crippen molar-refractivity contribution in [2.24, 2.45) is 0 Å². The molecule has 1 heterocycles. The molecule has 1 aliphatic rings. The third kappa shape index (κ3) is 5.06. The van der Waals surface area contributed by atoms with Crippen LogP contribution in [0.3, 0.4) is 0 Å². The Morgan fingerprint density at radius 2 is 2.00 bits per heavy atom. The van der Waals surface area contributed by atoms with E-state index >= 15 is 0 Å². The van der Waals surface area contributed by atoms with Crippen LogP contribution in [0.1, 0.15) is 38.7 Å². The lowest BCUT2D eigenvalue weighted by atomic mass is 9.96. The third-order valence-corrected chi connectivity index (χ3v) is 4.26. The van der Waals surface area contributed by atoms with Crippen LogP contribution in [0, 0.1) is 0 Å². The molecule has 0 saturated carbocycles. The first kappa shape index (κ1) is 17.5. The smallest absolute Gasteiger partial charge is 0.224 e. The van der Waals surface area contributed by atoms with Crippen molar-refractivity contribution in [3.05, 3.63) is 35.9 Å². The van der Waals surface area contributed by atoms with E-state index in [9.17, 15) is 14.7 Å². The molecule has 0 bridgehead atoms. The molecule has 1 aliphatic heterocycles. The van der Waals surface area contributed by atoms with Crippen LogP contribution in [0.15, 0.2) is 30.3 Å². The Morgan fingerprint density at radius 1 is 1.30 bits per heavy atom. The number of benzene rings is 1.